The minimum atomic E-state index is -0.369. The van der Waals surface area contributed by atoms with Gasteiger partial charge in [0.25, 0.3) is 0 Å². The summed E-state index contributed by atoms with van der Waals surface area (Å²) in [5.41, 5.74) is 2.23. The topological polar surface area (TPSA) is 62.8 Å². The number of carbonyl (C=O) groups excluding carboxylic acids is 1. The number of carbonyl (C=O) groups is 1. The average Bonchev–Trinajstić information content (AvgIpc) is 2.50. The van der Waals surface area contributed by atoms with Crippen molar-refractivity contribution in [2.24, 2.45) is 5.16 Å². The van der Waals surface area contributed by atoms with Crippen molar-refractivity contribution < 1.29 is 36.3 Å². The normalized spacial score (nSPS) is 10.2. The first-order valence-corrected chi connectivity index (χ1v) is 6.66. The molecule has 1 N–H and O–H groups in total. The predicted octanol–water partition coefficient (Wildman–Crippen LogP) is -0.989. The molecule has 0 fully saturated rings. The Morgan fingerprint density at radius 1 is 1.27 bits per heavy atom. The third kappa shape index (κ3) is 4.66. The second-order valence-corrected chi connectivity index (χ2v) is 4.42. The fourth-order valence-electron chi connectivity index (χ4n) is 1.98. The van der Waals surface area contributed by atoms with Crippen LogP contribution in [-0.4, -0.2) is 24.0 Å². The lowest BCUT2D eigenvalue weighted by atomic mass is 10.2. The van der Waals surface area contributed by atoms with Gasteiger partial charge in [0.05, 0.1) is 6.61 Å². The lowest BCUT2D eigenvalue weighted by Crippen LogP contribution is -3.00. The molecule has 1 heterocycles. The Balaban J connectivity index is 0.00000242. The van der Waals surface area contributed by atoms with Gasteiger partial charge >= 0.3 is 5.97 Å². The number of ether oxygens (including phenoxy) is 1. The molecule has 0 atom stereocenters. The molecule has 1 aromatic heterocycles. The summed E-state index contributed by atoms with van der Waals surface area (Å²) >= 11 is 0. The third-order valence-electron chi connectivity index (χ3n) is 2.96. The van der Waals surface area contributed by atoms with E-state index < -0.39 is 0 Å². The van der Waals surface area contributed by atoms with Gasteiger partial charge in [-0.3, -0.25) is 0 Å². The van der Waals surface area contributed by atoms with Crippen molar-refractivity contribution in [3.05, 3.63) is 65.5 Å². The van der Waals surface area contributed by atoms with Crippen molar-refractivity contribution >= 4 is 12.2 Å². The van der Waals surface area contributed by atoms with Crippen LogP contribution in [0.3, 0.4) is 0 Å². The van der Waals surface area contributed by atoms with Gasteiger partial charge in [0.2, 0.25) is 5.69 Å². The Morgan fingerprint density at radius 3 is 2.64 bits per heavy atom. The highest BCUT2D eigenvalue weighted by atomic mass is 79.9. The van der Waals surface area contributed by atoms with Gasteiger partial charge in [-0.1, -0.05) is 35.5 Å². The zero-order valence-corrected chi connectivity index (χ0v) is 13.7. The number of nitrogens with zero attached hydrogens (tertiary/aromatic N) is 2. The molecule has 0 aliphatic heterocycles. The van der Waals surface area contributed by atoms with Gasteiger partial charge in [0.15, 0.2) is 12.7 Å². The van der Waals surface area contributed by atoms with E-state index in [0.29, 0.717) is 24.4 Å². The molecule has 0 saturated carbocycles. The zero-order valence-electron chi connectivity index (χ0n) is 12.1. The van der Waals surface area contributed by atoms with Gasteiger partial charge in [0.1, 0.15) is 11.8 Å². The Hall–Kier alpha value is -2.21. The van der Waals surface area contributed by atoms with E-state index >= 15 is 0 Å². The van der Waals surface area contributed by atoms with Crippen LogP contribution < -0.4 is 21.5 Å². The molecule has 0 saturated heterocycles. The Labute approximate surface area is 139 Å². The molecule has 22 heavy (non-hydrogen) atoms. The molecule has 6 heteroatoms. The van der Waals surface area contributed by atoms with Gasteiger partial charge in [0, 0.05) is 11.6 Å². The lowest BCUT2D eigenvalue weighted by Gasteiger charge is -2.04. The van der Waals surface area contributed by atoms with E-state index in [2.05, 4.69) is 5.16 Å². The number of pyridine rings is 1. The molecular weight excluding hydrogens is 348 g/mol. The second kappa shape index (κ2) is 8.94. The van der Waals surface area contributed by atoms with Crippen LogP contribution in [0, 0.1) is 0 Å². The van der Waals surface area contributed by atoms with E-state index in [-0.39, 0.29) is 23.0 Å². The zero-order chi connectivity index (χ0) is 15.1. The van der Waals surface area contributed by atoms with Gasteiger partial charge < -0.3 is 26.9 Å². The number of esters is 1. The van der Waals surface area contributed by atoms with E-state index in [9.17, 15) is 4.79 Å². The van der Waals surface area contributed by atoms with Crippen LogP contribution in [0.4, 0.5) is 0 Å². The Morgan fingerprint density at radius 2 is 2.00 bits per heavy atom. The van der Waals surface area contributed by atoms with Crippen molar-refractivity contribution in [3.8, 4) is 0 Å². The molecule has 1 aromatic carbocycles. The monoisotopic (exact) mass is 364 g/mol. The molecule has 2 rings (SSSR count). The average molecular weight is 365 g/mol. The SMILES string of the molecule is CCOC(=O)c1ccc(C=NO)[n+](Cc2ccccc2)c1.[Br-]. The molecule has 116 valence electrons. The molecule has 0 aliphatic carbocycles. The molecule has 0 aliphatic rings. The Bertz CT molecular complexity index is 645. The fourth-order valence-corrected chi connectivity index (χ4v) is 1.98. The highest BCUT2D eigenvalue weighted by Gasteiger charge is 2.16. The summed E-state index contributed by atoms with van der Waals surface area (Å²) in [6, 6.07) is 13.2. The predicted molar refractivity (Wildman–Crippen MR) is 77.5 cm³/mol. The molecule has 5 nitrogen and oxygen atoms in total. The highest BCUT2D eigenvalue weighted by Crippen LogP contribution is 2.03. The highest BCUT2D eigenvalue weighted by molar-refractivity contribution is 5.89. The van der Waals surface area contributed by atoms with Crippen LogP contribution >= 0.6 is 0 Å². The van der Waals surface area contributed by atoms with Crippen LogP contribution in [0.2, 0.25) is 0 Å². The first-order chi connectivity index (χ1) is 10.2. The molecule has 0 unspecified atom stereocenters. The number of hydrogen-bond donors (Lipinski definition) is 1. The number of halogens is 1. The number of hydrogen-bond acceptors (Lipinski definition) is 4. The summed E-state index contributed by atoms with van der Waals surface area (Å²) in [5.74, 6) is -0.369. The van der Waals surface area contributed by atoms with Gasteiger partial charge in [-0.15, -0.1) is 0 Å². The summed E-state index contributed by atoms with van der Waals surface area (Å²) in [6.45, 7) is 2.66. The number of oxime groups is 1. The smallest absolute Gasteiger partial charge is 0.344 e. The minimum absolute atomic E-state index is 0. The van der Waals surface area contributed by atoms with Crippen molar-refractivity contribution in [2.45, 2.75) is 13.5 Å². The van der Waals surface area contributed by atoms with E-state index in [1.165, 1.54) is 6.21 Å². The van der Waals surface area contributed by atoms with Gasteiger partial charge in [-0.25, -0.2) is 4.79 Å². The van der Waals surface area contributed by atoms with Crippen LogP contribution in [-0.2, 0) is 11.3 Å². The molecule has 0 spiro atoms. The standard InChI is InChI=1S/C16H16N2O3.BrH/c1-2-21-16(19)14-8-9-15(10-17-20)18(12-14)11-13-6-4-3-5-7-13;/h3-10,12H,2,11H2,1H3;1H. The summed E-state index contributed by atoms with van der Waals surface area (Å²) in [5, 5.41) is 11.8. The van der Waals surface area contributed by atoms with E-state index in [1.54, 1.807) is 25.3 Å². The van der Waals surface area contributed by atoms with Gasteiger partial charge in [-0.05, 0) is 13.0 Å². The van der Waals surface area contributed by atoms with Crippen molar-refractivity contribution in [2.75, 3.05) is 6.61 Å². The summed E-state index contributed by atoms with van der Waals surface area (Å²) in [6.07, 6.45) is 3.03. The number of rotatable bonds is 5. The largest absolute Gasteiger partial charge is 1.00 e. The molecule has 0 radical (unpaired) electrons. The second-order valence-electron chi connectivity index (χ2n) is 4.42. The van der Waals surface area contributed by atoms with E-state index in [4.69, 9.17) is 9.94 Å². The van der Waals surface area contributed by atoms with Crippen molar-refractivity contribution in [1.29, 1.82) is 0 Å². The summed E-state index contributed by atoms with van der Waals surface area (Å²) < 4.78 is 6.83. The van der Waals surface area contributed by atoms with Crippen molar-refractivity contribution in [3.63, 3.8) is 0 Å². The molecule has 0 bridgehead atoms. The number of aromatic nitrogens is 1. The third-order valence-corrected chi connectivity index (χ3v) is 2.96. The Kier molecular flexibility index (Phi) is 7.25. The quantitative estimate of drug-likeness (QED) is 0.243. The molecule has 0 amide bonds. The van der Waals surface area contributed by atoms with Crippen LogP contribution in [0.15, 0.2) is 53.8 Å². The van der Waals surface area contributed by atoms with Crippen molar-refractivity contribution in [1.82, 2.24) is 0 Å². The molecule has 2 aromatic rings. The minimum Gasteiger partial charge on any atom is -1.00 e. The molecular formula is C16H17BrN2O3. The summed E-state index contributed by atoms with van der Waals surface area (Å²) in [4.78, 5) is 11.8. The van der Waals surface area contributed by atoms with E-state index in [1.807, 2.05) is 34.9 Å². The van der Waals surface area contributed by atoms with E-state index in [0.717, 1.165) is 5.56 Å². The summed E-state index contributed by atoms with van der Waals surface area (Å²) in [7, 11) is 0. The van der Waals surface area contributed by atoms with Crippen LogP contribution in [0.1, 0.15) is 28.5 Å². The first kappa shape index (κ1) is 17.8. The number of benzene rings is 1. The maximum atomic E-state index is 11.8. The first-order valence-electron chi connectivity index (χ1n) is 6.66. The maximum absolute atomic E-state index is 11.8. The van der Waals surface area contributed by atoms with Crippen LogP contribution in [0.25, 0.3) is 0 Å². The van der Waals surface area contributed by atoms with Crippen LogP contribution in [0.5, 0.6) is 0 Å². The fraction of sp³-hybridized carbons (Fsp3) is 0.188. The van der Waals surface area contributed by atoms with Gasteiger partial charge in [-0.2, -0.15) is 4.57 Å². The maximum Gasteiger partial charge on any atom is 0.344 e. The lowest BCUT2D eigenvalue weighted by molar-refractivity contribution is -0.689.